The molecule has 0 spiro atoms. The van der Waals surface area contributed by atoms with Crippen LogP contribution in [0.4, 0.5) is 5.69 Å². The average molecular weight is 431 g/mol. The van der Waals surface area contributed by atoms with Gasteiger partial charge in [0, 0.05) is 57.9 Å². The number of anilines is 1. The number of methoxy groups -OCH3 is 2. The molecule has 9 heteroatoms. The van der Waals surface area contributed by atoms with Crippen molar-refractivity contribution in [1.82, 2.24) is 10.2 Å². The van der Waals surface area contributed by atoms with Crippen molar-refractivity contribution in [3.8, 4) is 0 Å². The fourth-order valence-electron chi connectivity index (χ4n) is 4.33. The third-order valence-electron chi connectivity index (χ3n) is 6.14. The SMILES string of the molecule is COC(OC)C1CCN(c2ccc(C(=O)N(C)C3CCC(=O)NC3=O)c(C=O)c2)CC1. The van der Waals surface area contributed by atoms with E-state index in [1.807, 2.05) is 6.07 Å². The molecule has 9 nitrogen and oxygen atoms in total. The highest BCUT2D eigenvalue weighted by Crippen LogP contribution is 2.28. The van der Waals surface area contributed by atoms with E-state index in [0.717, 1.165) is 31.6 Å². The van der Waals surface area contributed by atoms with Gasteiger partial charge in [-0.25, -0.2) is 0 Å². The molecule has 1 atom stereocenters. The molecule has 2 aliphatic heterocycles. The number of nitrogens with one attached hydrogen (secondary N) is 1. The summed E-state index contributed by atoms with van der Waals surface area (Å²) < 4.78 is 10.7. The zero-order valence-corrected chi connectivity index (χ0v) is 18.1. The Morgan fingerprint density at radius 3 is 2.45 bits per heavy atom. The predicted octanol–water partition coefficient (Wildman–Crippen LogP) is 1.21. The number of hydrogen-bond acceptors (Lipinski definition) is 7. The Balaban J connectivity index is 1.71. The summed E-state index contributed by atoms with van der Waals surface area (Å²) in [6.07, 6.45) is 2.66. The number of carbonyl (C=O) groups is 4. The van der Waals surface area contributed by atoms with Crippen molar-refractivity contribution in [3.05, 3.63) is 29.3 Å². The van der Waals surface area contributed by atoms with Gasteiger partial charge < -0.3 is 19.3 Å². The number of piperidine rings is 2. The zero-order chi connectivity index (χ0) is 22.5. The van der Waals surface area contributed by atoms with Crippen molar-refractivity contribution in [2.45, 2.75) is 38.0 Å². The molecule has 1 aromatic carbocycles. The Labute approximate surface area is 181 Å². The fraction of sp³-hybridized carbons (Fsp3) is 0.545. The van der Waals surface area contributed by atoms with E-state index in [-0.39, 0.29) is 36.2 Å². The van der Waals surface area contributed by atoms with Crippen LogP contribution in [0.3, 0.4) is 0 Å². The van der Waals surface area contributed by atoms with Gasteiger partial charge in [-0.2, -0.15) is 0 Å². The molecule has 1 N–H and O–H groups in total. The second-order valence-corrected chi connectivity index (χ2v) is 7.94. The van der Waals surface area contributed by atoms with E-state index in [9.17, 15) is 19.2 Å². The van der Waals surface area contributed by atoms with Gasteiger partial charge in [0.05, 0.1) is 5.56 Å². The Hall–Kier alpha value is -2.78. The molecule has 0 saturated carbocycles. The Bertz CT molecular complexity index is 846. The van der Waals surface area contributed by atoms with Crippen molar-refractivity contribution in [1.29, 1.82) is 0 Å². The predicted molar refractivity (Wildman–Crippen MR) is 113 cm³/mol. The molecule has 0 bridgehead atoms. The lowest BCUT2D eigenvalue weighted by atomic mass is 9.95. The number of aldehydes is 1. The number of nitrogens with zero attached hydrogens (tertiary/aromatic N) is 2. The number of likely N-dealkylation sites (N-methyl/N-ethyl adjacent to an activating group) is 1. The lowest BCUT2D eigenvalue weighted by Crippen LogP contribution is -2.53. The molecule has 0 aliphatic carbocycles. The van der Waals surface area contributed by atoms with E-state index in [0.29, 0.717) is 12.2 Å². The minimum Gasteiger partial charge on any atom is -0.371 e. The Morgan fingerprint density at radius 2 is 1.87 bits per heavy atom. The number of rotatable bonds is 7. The molecule has 1 unspecified atom stereocenters. The zero-order valence-electron chi connectivity index (χ0n) is 18.1. The van der Waals surface area contributed by atoms with E-state index in [4.69, 9.17) is 9.47 Å². The van der Waals surface area contributed by atoms with Crippen molar-refractivity contribution in [2.75, 3.05) is 39.3 Å². The van der Waals surface area contributed by atoms with Crippen LogP contribution < -0.4 is 10.2 Å². The number of benzene rings is 1. The fourth-order valence-corrected chi connectivity index (χ4v) is 4.33. The number of ether oxygens (including phenoxy) is 2. The van der Waals surface area contributed by atoms with Gasteiger partial charge in [-0.3, -0.25) is 24.5 Å². The average Bonchev–Trinajstić information content (AvgIpc) is 2.79. The molecule has 3 amide bonds. The second kappa shape index (κ2) is 10.0. The summed E-state index contributed by atoms with van der Waals surface area (Å²) >= 11 is 0. The van der Waals surface area contributed by atoms with E-state index in [2.05, 4.69) is 10.2 Å². The van der Waals surface area contributed by atoms with Crippen LogP contribution in [0.25, 0.3) is 0 Å². The highest BCUT2D eigenvalue weighted by Gasteiger charge is 2.33. The van der Waals surface area contributed by atoms with Gasteiger partial charge in [0.15, 0.2) is 12.6 Å². The van der Waals surface area contributed by atoms with E-state index in [1.165, 1.54) is 11.9 Å². The summed E-state index contributed by atoms with van der Waals surface area (Å²) in [5.41, 5.74) is 1.38. The number of imide groups is 1. The normalized spacial score (nSPS) is 20.0. The van der Waals surface area contributed by atoms with Crippen molar-refractivity contribution in [3.63, 3.8) is 0 Å². The van der Waals surface area contributed by atoms with Gasteiger partial charge in [0.25, 0.3) is 5.91 Å². The molecule has 0 radical (unpaired) electrons. The Morgan fingerprint density at radius 1 is 1.19 bits per heavy atom. The summed E-state index contributed by atoms with van der Waals surface area (Å²) in [4.78, 5) is 51.7. The molecule has 0 aromatic heterocycles. The highest BCUT2D eigenvalue weighted by molar-refractivity contribution is 6.06. The first-order chi connectivity index (χ1) is 14.9. The molecule has 168 valence electrons. The van der Waals surface area contributed by atoms with Crippen molar-refractivity contribution in [2.24, 2.45) is 5.92 Å². The molecular formula is C22H29N3O6. The first kappa shape index (κ1) is 22.9. The van der Waals surface area contributed by atoms with Crippen LogP contribution in [-0.2, 0) is 19.1 Å². The van der Waals surface area contributed by atoms with Crippen LogP contribution in [-0.4, -0.2) is 75.6 Å². The summed E-state index contributed by atoms with van der Waals surface area (Å²) in [5.74, 6) is -0.958. The van der Waals surface area contributed by atoms with Crippen LogP contribution in [0.2, 0.25) is 0 Å². The second-order valence-electron chi connectivity index (χ2n) is 7.94. The van der Waals surface area contributed by atoms with Crippen LogP contribution >= 0.6 is 0 Å². The van der Waals surface area contributed by atoms with Crippen LogP contribution in [0, 0.1) is 5.92 Å². The van der Waals surface area contributed by atoms with Crippen LogP contribution in [0.5, 0.6) is 0 Å². The van der Waals surface area contributed by atoms with Crippen molar-refractivity contribution >= 4 is 29.7 Å². The summed E-state index contributed by atoms with van der Waals surface area (Å²) in [6.45, 7) is 1.57. The molecule has 1 aromatic rings. The maximum Gasteiger partial charge on any atom is 0.255 e. The smallest absolute Gasteiger partial charge is 0.255 e. The molecule has 2 fully saturated rings. The largest absolute Gasteiger partial charge is 0.371 e. The molecule has 31 heavy (non-hydrogen) atoms. The standard InChI is InChI=1S/C22H29N3O6/c1-24(18-6-7-19(27)23-20(18)28)21(29)17-5-4-16(12-15(17)13-26)25-10-8-14(9-11-25)22(30-2)31-3/h4-5,12-14,18,22H,6-11H2,1-3H3,(H,23,27,28). The molecule has 2 aliphatic rings. The van der Waals surface area contributed by atoms with Crippen LogP contribution in [0.1, 0.15) is 46.4 Å². The monoisotopic (exact) mass is 431 g/mol. The van der Waals surface area contributed by atoms with Crippen molar-refractivity contribution < 1.29 is 28.7 Å². The topological polar surface area (TPSA) is 105 Å². The van der Waals surface area contributed by atoms with Gasteiger partial charge in [0.2, 0.25) is 11.8 Å². The first-order valence-electron chi connectivity index (χ1n) is 10.4. The first-order valence-corrected chi connectivity index (χ1v) is 10.4. The third-order valence-corrected chi connectivity index (χ3v) is 6.14. The van der Waals surface area contributed by atoms with Gasteiger partial charge in [-0.15, -0.1) is 0 Å². The quantitative estimate of drug-likeness (QED) is 0.393. The highest BCUT2D eigenvalue weighted by atomic mass is 16.7. The van der Waals surface area contributed by atoms with Gasteiger partial charge in [0.1, 0.15) is 6.04 Å². The lowest BCUT2D eigenvalue weighted by molar-refractivity contribution is -0.141. The number of amides is 3. The van der Waals surface area contributed by atoms with E-state index >= 15 is 0 Å². The van der Waals surface area contributed by atoms with Crippen LogP contribution in [0.15, 0.2) is 18.2 Å². The van der Waals surface area contributed by atoms with Gasteiger partial charge in [-0.05, 0) is 37.5 Å². The molecule has 3 rings (SSSR count). The molecular weight excluding hydrogens is 402 g/mol. The maximum atomic E-state index is 13.0. The molecule has 2 saturated heterocycles. The van der Waals surface area contributed by atoms with E-state index < -0.39 is 17.9 Å². The number of hydrogen-bond donors (Lipinski definition) is 1. The van der Waals surface area contributed by atoms with Gasteiger partial charge >= 0.3 is 0 Å². The summed E-state index contributed by atoms with van der Waals surface area (Å²) in [6, 6.07) is 4.42. The summed E-state index contributed by atoms with van der Waals surface area (Å²) in [7, 11) is 4.79. The minimum atomic E-state index is -0.738. The number of carbonyl (C=O) groups excluding carboxylic acids is 4. The molecule has 2 heterocycles. The minimum absolute atomic E-state index is 0.177. The third kappa shape index (κ3) is 4.94. The van der Waals surface area contributed by atoms with Gasteiger partial charge in [-0.1, -0.05) is 0 Å². The maximum absolute atomic E-state index is 13.0. The Kier molecular flexibility index (Phi) is 7.40. The summed E-state index contributed by atoms with van der Waals surface area (Å²) in [5, 5.41) is 2.25. The van der Waals surface area contributed by atoms with E-state index in [1.54, 1.807) is 26.4 Å². The lowest BCUT2D eigenvalue weighted by Gasteiger charge is -2.36.